The van der Waals surface area contributed by atoms with Gasteiger partial charge < -0.3 is 9.80 Å². The van der Waals surface area contributed by atoms with Crippen LogP contribution in [0, 0.1) is 0 Å². The van der Waals surface area contributed by atoms with Gasteiger partial charge in [-0.05, 0) is 0 Å². The Morgan fingerprint density at radius 1 is 1.13 bits per heavy atom. The van der Waals surface area contributed by atoms with Gasteiger partial charge in [0.25, 0.3) is 5.91 Å². The molecule has 1 aliphatic rings. The van der Waals surface area contributed by atoms with Crippen LogP contribution in [-0.2, 0) is 6.18 Å². The highest BCUT2D eigenvalue weighted by Gasteiger charge is 2.38. The summed E-state index contributed by atoms with van der Waals surface area (Å²) in [5, 5.41) is 5.50. The molecule has 1 aliphatic heterocycles. The topological polar surface area (TPSA) is 78.0 Å². The van der Waals surface area contributed by atoms with E-state index in [0.717, 1.165) is 0 Å². The van der Waals surface area contributed by atoms with Gasteiger partial charge in [0.1, 0.15) is 17.1 Å². The normalized spacial score (nSPS) is 15.8. The Hall–Kier alpha value is -2.65. The van der Waals surface area contributed by atoms with Crippen molar-refractivity contribution < 1.29 is 18.0 Å². The Kier molecular flexibility index (Phi) is 3.89. The van der Waals surface area contributed by atoms with Gasteiger partial charge in [0, 0.05) is 38.6 Å². The van der Waals surface area contributed by atoms with Gasteiger partial charge in [0.2, 0.25) is 0 Å². The Bertz CT molecular complexity index is 679. The maximum atomic E-state index is 12.8. The standard InChI is InChI=1S/C13H13F3N6O/c14-13(15,16)9-7-19-20-11(9)12(23)22-5-3-21(4-6-22)10-8-17-1-2-18-10/h1-2,7-8H,3-6H2,(H,19,20). The number of aromatic amines is 1. The molecule has 0 saturated carbocycles. The van der Waals surface area contributed by atoms with Crippen molar-refractivity contribution in [2.45, 2.75) is 6.18 Å². The lowest BCUT2D eigenvalue weighted by molar-refractivity contribution is -0.138. The SMILES string of the molecule is O=C(c1[nH]ncc1C(F)(F)F)N1CCN(c2cnccn2)CC1. The van der Waals surface area contributed by atoms with Crippen LogP contribution >= 0.6 is 0 Å². The number of aromatic nitrogens is 4. The number of hydrogen-bond acceptors (Lipinski definition) is 5. The van der Waals surface area contributed by atoms with Gasteiger partial charge in [0.15, 0.2) is 0 Å². The van der Waals surface area contributed by atoms with Crippen molar-refractivity contribution in [3.63, 3.8) is 0 Å². The van der Waals surface area contributed by atoms with Crippen molar-refractivity contribution in [1.82, 2.24) is 25.1 Å². The zero-order valence-corrected chi connectivity index (χ0v) is 11.9. The molecule has 1 fully saturated rings. The number of H-pyrrole nitrogens is 1. The average Bonchev–Trinajstić information content (AvgIpc) is 3.05. The van der Waals surface area contributed by atoms with Crippen molar-refractivity contribution in [2.24, 2.45) is 0 Å². The largest absolute Gasteiger partial charge is 0.420 e. The van der Waals surface area contributed by atoms with Crippen molar-refractivity contribution in [3.8, 4) is 0 Å². The number of hydrogen-bond donors (Lipinski definition) is 1. The van der Waals surface area contributed by atoms with E-state index in [2.05, 4.69) is 20.2 Å². The third-order valence-electron chi connectivity index (χ3n) is 3.60. The summed E-state index contributed by atoms with van der Waals surface area (Å²) in [5.41, 5.74) is -1.57. The van der Waals surface area contributed by atoms with E-state index in [9.17, 15) is 18.0 Å². The Morgan fingerprint density at radius 3 is 2.48 bits per heavy atom. The lowest BCUT2D eigenvalue weighted by Crippen LogP contribution is -2.49. The number of carbonyl (C=O) groups excluding carboxylic acids is 1. The molecule has 1 N–H and O–H groups in total. The first-order chi connectivity index (χ1) is 11.0. The zero-order chi connectivity index (χ0) is 16.4. The number of anilines is 1. The third-order valence-corrected chi connectivity index (χ3v) is 3.60. The first kappa shape index (κ1) is 15.3. The van der Waals surface area contributed by atoms with E-state index in [1.165, 1.54) is 4.90 Å². The molecule has 1 saturated heterocycles. The fourth-order valence-corrected chi connectivity index (χ4v) is 2.42. The lowest BCUT2D eigenvalue weighted by atomic mass is 10.2. The van der Waals surface area contributed by atoms with Crippen LogP contribution in [0.15, 0.2) is 24.8 Å². The van der Waals surface area contributed by atoms with Crippen LogP contribution in [0.25, 0.3) is 0 Å². The molecule has 0 aliphatic carbocycles. The van der Waals surface area contributed by atoms with Gasteiger partial charge >= 0.3 is 6.18 Å². The van der Waals surface area contributed by atoms with Crippen molar-refractivity contribution >= 4 is 11.7 Å². The second kappa shape index (κ2) is 5.86. The molecule has 10 heteroatoms. The monoisotopic (exact) mass is 326 g/mol. The molecule has 2 aromatic rings. The van der Waals surface area contributed by atoms with Gasteiger partial charge in [-0.3, -0.25) is 14.9 Å². The summed E-state index contributed by atoms with van der Waals surface area (Å²) >= 11 is 0. The van der Waals surface area contributed by atoms with Gasteiger partial charge in [-0.2, -0.15) is 18.3 Å². The Labute approximate surface area is 129 Å². The molecule has 1 amide bonds. The summed E-state index contributed by atoms with van der Waals surface area (Å²) in [7, 11) is 0. The van der Waals surface area contributed by atoms with Gasteiger partial charge in [-0.1, -0.05) is 0 Å². The van der Waals surface area contributed by atoms with E-state index in [1.807, 2.05) is 4.90 Å². The number of carbonyl (C=O) groups is 1. The molecule has 23 heavy (non-hydrogen) atoms. The van der Waals surface area contributed by atoms with Crippen molar-refractivity contribution in [3.05, 3.63) is 36.0 Å². The van der Waals surface area contributed by atoms with Gasteiger partial charge in [-0.25, -0.2) is 4.98 Å². The van der Waals surface area contributed by atoms with E-state index in [0.29, 0.717) is 38.2 Å². The van der Waals surface area contributed by atoms with Gasteiger partial charge in [0.05, 0.1) is 12.4 Å². The number of rotatable bonds is 2. The average molecular weight is 326 g/mol. The predicted molar refractivity (Wildman–Crippen MR) is 73.7 cm³/mol. The van der Waals surface area contributed by atoms with E-state index < -0.39 is 23.3 Å². The molecule has 0 radical (unpaired) electrons. The van der Waals surface area contributed by atoms with Crippen LogP contribution in [0.4, 0.5) is 19.0 Å². The van der Waals surface area contributed by atoms with E-state index in [-0.39, 0.29) is 0 Å². The lowest BCUT2D eigenvalue weighted by Gasteiger charge is -2.35. The summed E-state index contributed by atoms with van der Waals surface area (Å²) in [6, 6.07) is 0. The fourth-order valence-electron chi connectivity index (χ4n) is 2.42. The molecule has 0 atom stereocenters. The quantitative estimate of drug-likeness (QED) is 0.897. The molecule has 0 bridgehead atoms. The minimum Gasteiger partial charge on any atom is -0.352 e. The molecule has 0 unspecified atom stereocenters. The molecule has 0 aromatic carbocycles. The van der Waals surface area contributed by atoms with Crippen molar-refractivity contribution in [1.29, 1.82) is 0 Å². The van der Waals surface area contributed by atoms with Crippen LogP contribution in [-0.4, -0.2) is 57.2 Å². The third kappa shape index (κ3) is 3.10. The van der Waals surface area contributed by atoms with E-state index in [1.54, 1.807) is 18.6 Å². The minimum absolute atomic E-state index is 0.297. The van der Waals surface area contributed by atoms with E-state index >= 15 is 0 Å². The van der Waals surface area contributed by atoms with Crippen LogP contribution in [0.3, 0.4) is 0 Å². The first-order valence-corrected chi connectivity index (χ1v) is 6.87. The van der Waals surface area contributed by atoms with Crippen molar-refractivity contribution in [2.75, 3.05) is 31.1 Å². The van der Waals surface area contributed by atoms with Crippen LogP contribution < -0.4 is 4.90 Å². The summed E-state index contributed by atoms with van der Waals surface area (Å²) in [6.45, 7) is 1.54. The summed E-state index contributed by atoms with van der Waals surface area (Å²) in [6.07, 6.45) is 0.740. The number of piperazine rings is 1. The van der Waals surface area contributed by atoms with Crippen LogP contribution in [0.5, 0.6) is 0 Å². The summed E-state index contributed by atoms with van der Waals surface area (Å²) < 4.78 is 38.5. The maximum Gasteiger partial charge on any atom is 0.420 e. The number of nitrogens with one attached hydrogen (secondary N) is 1. The van der Waals surface area contributed by atoms with Crippen LogP contribution in [0.2, 0.25) is 0 Å². The summed E-state index contributed by atoms with van der Waals surface area (Å²) in [4.78, 5) is 23.7. The Morgan fingerprint density at radius 2 is 1.87 bits per heavy atom. The van der Waals surface area contributed by atoms with E-state index in [4.69, 9.17) is 0 Å². The zero-order valence-electron chi connectivity index (χ0n) is 11.9. The Balaban J connectivity index is 1.69. The van der Waals surface area contributed by atoms with Crippen LogP contribution in [0.1, 0.15) is 16.1 Å². The highest BCUT2D eigenvalue weighted by molar-refractivity contribution is 5.94. The second-order valence-electron chi connectivity index (χ2n) is 5.00. The second-order valence-corrected chi connectivity index (χ2v) is 5.00. The first-order valence-electron chi connectivity index (χ1n) is 6.87. The minimum atomic E-state index is -4.61. The number of nitrogens with zero attached hydrogens (tertiary/aromatic N) is 5. The molecular formula is C13H13F3N6O. The number of alkyl halides is 3. The number of halogens is 3. The molecule has 122 valence electrons. The molecule has 2 aromatic heterocycles. The molecule has 7 nitrogen and oxygen atoms in total. The number of amides is 1. The predicted octanol–water partition coefficient (Wildman–Crippen LogP) is 1.18. The smallest absolute Gasteiger partial charge is 0.352 e. The molecule has 3 rings (SSSR count). The fraction of sp³-hybridized carbons (Fsp3) is 0.385. The molecule has 0 spiro atoms. The summed E-state index contributed by atoms with van der Waals surface area (Å²) in [5.74, 6) is -0.0225. The molecular weight excluding hydrogens is 313 g/mol. The van der Waals surface area contributed by atoms with Gasteiger partial charge in [-0.15, -0.1) is 0 Å². The maximum absolute atomic E-state index is 12.8. The highest BCUT2D eigenvalue weighted by atomic mass is 19.4. The molecule has 3 heterocycles. The highest BCUT2D eigenvalue weighted by Crippen LogP contribution is 2.31.